The lowest BCUT2D eigenvalue weighted by Gasteiger charge is -2.37. The topological polar surface area (TPSA) is 34.2 Å². The maximum absolute atomic E-state index is 6.11. The standard InChI is InChI=1S/C12H11ClN2O/c13-11-10-9(2-4-14-11)12-3-1-8(16-12)5-7(12)6-15-10/h1-4,7-8,15H,5-6H2/t7-,8-,12+/m1/s1. The molecular formula is C12H11ClN2O. The van der Waals surface area contributed by atoms with Gasteiger partial charge in [0.25, 0.3) is 0 Å². The number of rotatable bonds is 0. The summed E-state index contributed by atoms with van der Waals surface area (Å²) in [6.07, 6.45) is 7.50. The third-order valence-electron chi connectivity index (χ3n) is 3.88. The summed E-state index contributed by atoms with van der Waals surface area (Å²) in [6.45, 7) is 0.916. The SMILES string of the molecule is Clc1nccc2c1NC[C@H]1C[C@H]3C=C[C@@]21O3. The van der Waals surface area contributed by atoms with Gasteiger partial charge >= 0.3 is 0 Å². The van der Waals surface area contributed by atoms with E-state index in [1.54, 1.807) is 6.20 Å². The Morgan fingerprint density at radius 1 is 1.56 bits per heavy atom. The van der Waals surface area contributed by atoms with Crippen molar-refractivity contribution in [2.24, 2.45) is 5.92 Å². The zero-order chi connectivity index (χ0) is 10.8. The van der Waals surface area contributed by atoms with Crippen molar-refractivity contribution >= 4 is 17.3 Å². The predicted octanol–water partition coefficient (Wildman–Crippen LogP) is 2.33. The van der Waals surface area contributed by atoms with Gasteiger partial charge in [0.2, 0.25) is 0 Å². The maximum Gasteiger partial charge on any atom is 0.152 e. The van der Waals surface area contributed by atoms with E-state index in [1.165, 1.54) is 0 Å². The first-order valence-electron chi connectivity index (χ1n) is 5.55. The van der Waals surface area contributed by atoms with E-state index in [0.717, 1.165) is 24.2 Å². The average Bonchev–Trinajstić information content (AvgIpc) is 2.86. The van der Waals surface area contributed by atoms with Gasteiger partial charge in [0.05, 0.1) is 11.8 Å². The number of hydrogen-bond donors (Lipinski definition) is 1. The van der Waals surface area contributed by atoms with Crippen LogP contribution in [0, 0.1) is 5.92 Å². The van der Waals surface area contributed by atoms with E-state index >= 15 is 0 Å². The van der Waals surface area contributed by atoms with Crippen LogP contribution in [0.15, 0.2) is 24.4 Å². The molecular weight excluding hydrogens is 224 g/mol. The highest BCUT2D eigenvalue weighted by molar-refractivity contribution is 6.32. The molecule has 2 bridgehead atoms. The largest absolute Gasteiger partial charge is 0.382 e. The number of nitrogens with one attached hydrogen (secondary N) is 1. The molecule has 1 N–H and O–H groups in total. The minimum Gasteiger partial charge on any atom is -0.382 e. The van der Waals surface area contributed by atoms with Crippen LogP contribution in [0.3, 0.4) is 0 Å². The Bertz CT molecular complexity index is 502. The molecule has 3 nitrogen and oxygen atoms in total. The lowest BCUT2D eigenvalue weighted by molar-refractivity contribution is 0.00920. The summed E-state index contributed by atoms with van der Waals surface area (Å²) < 4.78 is 6.11. The molecule has 1 saturated heterocycles. The van der Waals surface area contributed by atoms with E-state index in [2.05, 4.69) is 22.5 Å². The maximum atomic E-state index is 6.11. The van der Waals surface area contributed by atoms with Gasteiger partial charge in [0.1, 0.15) is 5.60 Å². The fourth-order valence-electron chi connectivity index (χ4n) is 3.16. The highest BCUT2D eigenvalue weighted by Gasteiger charge is 2.54. The summed E-state index contributed by atoms with van der Waals surface area (Å²) in [5.41, 5.74) is 1.84. The third-order valence-corrected chi connectivity index (χ3v) is 4.17. The van der Waals surface area contributed by atoms with Gasteiger partial charge in [-0.2, -0.15) is 0 Å². The molecule has 0 unspecified atom stereocenters. The Kier molecular flexibility index (Phi) is 1.57. The van der Waals surface area contributed by atoms with E-state index < -0.39 is 0 Å². The number of hydrogen-bond acceptors (Lipinski definition) is 3. The molecule has 1 spiro atoms. The van der Waals surface area contributed by atoms with Crippen LogP contribution in [0.1, 0.15) is 12.0 Å². The van der Waals surface area contributed by atoms with Crippen molar-refractivity contribution in [1.29, 1.82) is 0 Å². The summed E-state index contributed by atoms with van der Waals surface area (Å²) in [6, 6.07) is 2.01. The summed E-state index contributed by atoms with van der Waals surface area (Å²) >= 11 is 6.11. The first-order valence-corrected chi connectivity index (χ1v) is 5.93. The Balaban J connectivity index is 1.98. The van der Waals surface area contributed by atoms with Crippen molar-refractivity contribution in [2.45, 2.75) is 18.1 Å². The van der Waals surface area contributed by atoms with E-state index in [1.807, 2.05) is 6.07 Å². The molecule has 1 aromatic rings. The summed E-state index contributed by atoms with van der Waals surface area (Å²) in [5.74, 6) is 0.522. The second kappa shape index (κ2) is 2.79. The molecule has 16 heavy (non-hydrogen) atoms. The fraction of sp³-hybridized carbons (Fsp3) is 0.417. The monoisotopic (exact) mass is 234 g/mol. The normalized spacial score (nSPS) is 38.1. The highest BCUT2D eigenvalue weighted by atomic mass is 35.5. The van der Waals surface area contributed by atoms with Crippen LogP contribution < -0.4 is 5.32 Å². The molecule has 82 valence electrons. The van der Waals surface area contributed by atoms with Crippen molar-refractivity contribution in [3.63, 3.8) is 0 Å². The van der Waals surface area contributed by atoms with Crippen molar-refractivity contribution in [2.75, 3.05) is 11.9 Å². The Labute approximate surface area is 98.5 Å². The van der Waals surface area contributed by atoms with Gasteiger partial charge in [-0.3, -0.25) is 0 Å². The second-order valence-corrected chi connectivity index (χ2v) is 5.00. The van der Waals surface area contributed by atoms with Gasteiger partial charge in [-0.1, -0.05) is 17.7 Å². The number of pyridine rings is 1. The molecule has 0 aromatic carbocycles. The van der Waals surface area contributed by atoms with Crippen LogP contribution in [0.4, 0.5) is 5.69 Å². The molecule has 0 aliphatic carbocycles. The van der Waals surface area contributed by atoms with Crippen LogP contribution in [0.25, 0.3) is 0 Å². The average molecular weight is 235 g/mol. The molecule has 0 amide bonds. The van der Waals surface area contributed by atoms with Gasteiger partial charge in [0.15, 0.2) is 5.15 Å². The molecule has 1 fully saturated rings. The summed E-state index contributed by atoms with van der Waals surface area (Å²) in [7, 11) is 0. The summed E-state index contributed by atoms with van der Waals surface area (Å²) in [4.78, 5) is 4.11. The van der Waals surface area contributed by atoms with Crippen molar-refractivity contribution in [3.05, 3.63) is 35.1 Å². The zero-order valence-electron chi connectivity index (χ0n) is 8.61. The zero-order valence-corrected chi connectivity index (χ0v) is 9.37. The molecule has 0 radical (unpaired) electrons. The third kappa shape index (κ3) is 0.913. The number of nitrogens with zero attached hydrogens (tertiary/aromatic N) is 1. The highest BCUT2D eigenvalue weighted by Crippen LogP contribution is 2.54. The number of aromatic nitrogens is 1. The molecule has 4 rings (SSSR count). The van der Waals surface area contributed by atoms with Crippen LogP contribution >= 0.6 is 11.6 Å². The predicted molar refractivity (Wildman–Crippen MR) is 61.5 cm³/mol. The minimum absolute atomic E-state index is 0.238. The first-order chi connectivity index (χ1) is 7.79. The number of ether oxygens (including phenoxy) is 1. The van der Waals surface area contributed by atoms with Crippen molar-refractivity contribution in [1.82, 2.24) is 4.98 Å². The molecule has 0 saturated carbocycles. The Morgan fingerprint density at radius 3 is 3.38 bits per heavy atom. The molecule has 3 aliphatic rings. The van der Waals surface area contributed by atoms with Gasteiger partial charge < -0.3 is 10.1 Å². The quantitative estimate of drug-likeness (QED) is 0.553. The van der Waals surface area contributed by atoms with Crippen LogP contribution in [-0.4, -0.2) is 17.6 Å². The first kappa shape index (κ1) is 9.02. The van der Waals surface area contributed by atoms with Gasteiger partial charge in [0, 0.05) is 24.2 Å². The number of anilines is 1. The lowest BCUT2D eigenvalue weighted by atomic mass is 9.76. The van der Waals surface area contributed by atoms with Gasteiger partial charge in [-0.25, -0.2) is 4.98 Å². The van der Waals surface area contributed by atoms with Crippen LogP contribution in [-0.2, 0) is 10.3 Å². The van der Waals surface area contributed by atoms with Crippen LogP contribution in [0.5, 0.6) is 0 Å². The van der Waals surface area contributed by atoms with Gasteiger partial charge in [-0.15, -0.1) is 0 Å². The number of fused-ring (bicyclic) bond motifs is 2. The smallest absolute Gasteiger partial charge is 0.152 e. The Hall–Kier alpha value is -1.06. The van der Waals surface area contributed by atoms with Crippen molar-refractivity contribution in [3.8, 4) is 0 Å². The molecule has 1 aromatic heterocycles. The fourth-order valence-corrected chi connectivity index (χ4v) is 3.38. The molecule has 4 heteroatoms. The van der Waals surface area contributed by atoms with Crippen LogP contribution in [0.2, 0.25) is 5.15 Å². The Morgan fingerprint density at radius 2 is 2.50 bits per heavy atom. The second-order valence-electron chi connectivity index (χ2n) is 4.65. The molecule has 3 aliphatic heterocycles. The lowest BCUT2D eigenvalue weighted by Crippen LogP contribution is -2.39. The molecule has 3 atom stereocenters. The van der Waals surface area contributed by atoms with E-state index in [4.69, 9.17) is 16.3 Å². The van der Waals surface area contributed by atoms with E-state index in [9.17, 15) is 0 Å². The minimum atomic E-state index is -0.238. The van der Waals surface area contributed by atoms with E-state index in [-0.39, 0.29) is 11.7 Å². The van der Waals surface area contributed by atoms with Gasteiger partial charge in [-0.05, 0) is 18.6 Å². The number of halogens is 1. The summed E-state index contributed by atoms with van der Waals surface area (Å²) in [5, 5.41) is 3.91. The van der Waals surface area contributed by atoms with E-state index in [0.29, 0.717) is 11.1 Å². The molecule has 4 heterocycles. The van der Waals surface area contributed by atoms with Crippen molar-refractivity contribution < 1.29 is 4.74 Å².